The van der Waals surface area contributed by atoms with Crippen molar-refractivity contribution in [3.05, 3.63) is 193 Å². The molecule has 0 bridgehead atoms. The monoisotopic (exact) mass is 655 g/mol. The van der Waals surface area contributed by atoms with Crippen LogP contribution in [0.2, 0.25) is 0 Å². The molecule has 3 heterocycles. The Kier molecular flexibility index (Phi) is 7.74. The lowest BCUT2D eigenvalue weighted by Gasteiger charge is -2.18. The van der Waals surface area contributed by atoms with Crippen molar-refractivity contribution in [2.45, 2.75) is 19.4 Å². The van der Waals surface area contributed by atoms with Crippen LogP contribution in [0.4, 0.5) is 0 Å². The van der Waals surface area contributed by atoms with Crippen molar-refractivity contribution in [3.63, 3.8) is 0 Å². The lowest BCUT2D eigenvalue weighted by Crippen LogP contribution is -2.15. The molecule has 51 heavy (non-hydrogen) atoms. The Morgan fingerprint density at radius 1 is 0.608 bits per heavy atom. The van der Waals surface area contributed by atoms with E-state index < -0.39 is 0 Å². The van der Waals surface area contributed by atoms with E-state index in [1.165, 1.54) is 65.7 Å². The minimum Gasteiger partial charge on any atom is -0.387 e. The van der Waals surface area contributed by atoms with Gasteiger partial charge >= 0.3 is 0 Å². The number of nitrogens with one attached hydrogen (secondary N) is 1. The number of benzene rings is 6. The maximum atomic E-state index is 5.48. The van der Waals surface area contributed by atoms with Gasteiger partial charge in [-0.05, 0) is 144 Å². The number of allylic oxidation sites excluding steroid dienone is 4. The molecule has 2 aliphatic rings. The third-order valence-electron chi connectivity index (χ3n) is 10.5. The molecule has 9 rings (SSSR count). The molecule has 3 nitrogen and oxygen atoms in total. The lowest BCUT2D eigenvalue weighted by atomic mass is 9.89. The number of pyridine rings is 1. The maximum absolute atomic E-state index is 5.48. The second kappa shape index (κ2) is 12.9. The van der Waals surface area contributed by atoms with E-state index >= 15 is 0 Å². The molecule has 1 N–H and O–H groups in total. The lowest BCUT2D eigenvalue weighted by molar-refractivity contribution is 0.836. The van der Waals surface area contributed by atoms with Crippen molar-refractivity contribution in [1.29, 1.82) is 0 Å². The summed E-state index contributed by atoms with van der Waals surface area (Å²) in [6, 6.07) is 46.2. The molecular formula is C48H37N3. The second-order valence-corrected chi connectivity index (χ2v) is 13.5. The number of rotatable bonds is 5. The molecule has 1 atom stereocenters. The first-order valence-electron chi connectivity index (χ1n) is 17.6. The smallest absolute Gasteiger partial charge is 0.0967 e. The molecule has 3 heteroatoms. The van der Waals surface area contributed by atoms with Crippen LogP contribution in [-0.2, 0) is 0 Å². The van der Waals surface area contributed by atoms with Crippen LogP contribution in [0.15, 0.2) is 186 Å². The third-order valence-corrected chi connectivity index (χ3v) is 10.5. The van der Waals surface area contributed by atoms with Gasteiger partial charge in [0.15, 0.2) is 0 Å². The molecule has 0 amide bonds. The van der Waals surface area contributed by atoms with Gasteiger partial charge in [-0.3, -0.25) is 9.98 Å². The van der Waals surface area contributed by atoms with Crippen molar-refractivity contribution in [3.8, 4) is 22.3 Å². The zero-order valence-electron chi connectivity index (χ0n) is 28.6. The van der Waals surface area contributed by atoms with Gasteiger partial charge in [0.2, 0.25) is 0 Å². The van der Waals surface area contributed by atoms with Gasteiger partial charge in [-0.1, -0.05) is 110 Å². The van der Waals surface area contributed by atoms with Crippen LogP contribution in [0.5, 0.6) is 0 Å². The molecule has 0 saturated carbocycles. The number of nitrogens with zero attached hydrogens (tertiary/aromatic N) is 2. The summed E-state index contributed by atoms with van der Waals surface area (Å²) in [7, 11) is 0. The summed E-state index contributed by atoms with van der Waals surface area (Å²) >= 11 is 0. The average molecular weight is 656 g/mol. The van der Waals surface area contributed by atoms with Crippen LogP contribution in [-0.4, -0.2) is 17.2 Å². The summed E-state index contributed by atoms with van der Waals surface area (Å²) in [4.78, 5) is 9.75. The molecule has 2 aliphatic heterocycles. The summed E-state index contributed by atoms with van der Waals surface area (Å²) in [5.74, 6) is 0. The number of dihydropyridines is 1. The minimum absolute atomic E-state index is 0.176. The molecule has 1 unspecified atom stereocenters. The van der Waals surface area contributed by atoms with E-state index in [0.717, 1.165) is 41.0 Å². The highest BCUT2D eigenvalue weighted by molar-refractivity contribution is 6.25. The molecule has 0 aliphatic carbocycles. The fraction of sp³-hybridized carbons (Fsp3) is 0.0833. The average Bonchev–Trinajstić information content (AvgIpc) is 3.33. The molecular weight excluding hydrogens is 619 g/mol. The highest BCUT2D eigenvalue weighted by Gasteiger charge is 2.25. The predicted octanol–water partition coefficient (Wildman–Crippen LogP) is 11.8. The van der Waals surface area contributed by atoms with E-state index in [2.05, 4.69) is 163 Å². The van der Waals surface area contributed by atoms with Gasteiger partial charge in [0.1, 0.15) is 0 Å². The first-order chi connectivity index (χ1) is 25.1. The topological polar surface area (TPSA) is 37.3 Å². The number of hydrogen-bond acceptors (Lipinski definition) is 3. The molecule has 0 radical (unpaired) electrons. The van der Waals surface area contributed by atoms with E-state index in [1.54, 1.807) is 0 Å². The Morgan fingerprint density at radius 3 is 1.88 bits per heavy atom. The first-order valence-corrected chi connectivity index (χ1v) is 17.6. The number of aliphatic imine (C=N–C) groups is 1. The molecule has 0 fully saturated rings. The molecule has 1 aromatic heterocycles. The van der Waals surface area contributed by atoms with E-state index in [0.29, 0.717) is 0 Å². The van der Waals surface area contributed by atoms with Crippen molar-refractivity contribution >= 4 is 43.6 Å². The van der Waals surface area contributed by atoms with Gasteiger partial charge in [0.05, 0.1) is 11.8 Å². The normalized spacial score (nSPS) is 16.3. The highest BCUT2D eigenvalue weighted by Crippen LogP contribution is 2.41. The molecule has 244 valence electrons. The number of hydrogen-bond donors (Lipinski definition) is 1. The van der Waals surface area contributed by atoms with Crippen LogP contribution >= 0.6 is 0 Å². The molecule has 6 aromatic carbocycles. The summed E-state index contributed by atoms with van der Waals surface area (Å²) < 4.78 is 0. The number of fused-ring (bicyclic) bond motifs is 6. The van der Waals surface area contributed by atoms with E-state index in [4.69, 9.17) is 4.99 Å². The largest absolute Gasteiger partial charge is 0.387 e. The van der Waals surface area contributed by atoms with E-state index in [9.17, 15) is 0 Å². The summed E-state index contributed by atoms with van der Waals surface area (Å²) in [5, 5.41) is 11.0. The van der Waals surface area contributed by atoms with E-state index in [-0.39, 0.29) is 6.04 Å². The van der Waals surface area contributed by atoms with Crippen molar-refractivity contribution in [2.24, 2.45) is 4.99 Å². The quantitative estimate of drug-likeness (QED) is 0.148. The van der Waals surface area contributed by atoms with Crippen LogP contribution in [0.1, 0.15) is 30.5 Å². The Balaban J connectivity index is 1.11. The Bertz CT molecular complexity index is 2600. The van der Waals surface area contributed by atoms with Crippen LogP contribution < -0.4 is 5.32 Å². The van der Waals surface area contributed by atoms with Gasteiger partial charge in [0.25, 0.3) is 0 Å². The zero-order chi connectivity index (χ0) is 34.3. The van der Waals surface area contributed by atoms with Crippen molar-refractivity contribution < 1.29 is 0 Å². The summed E-state index contributed by atoms with van der Waals surface area (Å²) in [6.07, 6.45) is 10.8. The first kappa shape index (κ1) is 30.7. The predicted molar refractivity (Wildman–Crippen MR) is 216 cm³/mol. The summed E-state index contributed by atoms with van der Waals surface area (Å²) in [5.41, 5.74) is 12.7. The van der Waals surface area contributed by atoms with Crippen molar-refractivity contribution in [1.82, 2.24) is 10.3 Å². The van der Waals surface area contributed by atoms with Crippen LogP contribution in [0.3, 0.4) is 0 Å². The highest BCUT2D eigenvalue weighted by atomic mass is 14.8. The van der Waals surface area contributed by atoms with Crippen molar-refractivity contribution in [2.75, 3.05) is 6.54 Å². The van der Waals surface area contributed by atoms with Gasteiger partial charge in [-0.25, -0.2) is 0 Å². The fourth-order valence-corrected chi connectivity index (χ4v) is 7.87. The van der Waals surface area contributed by atoms with Gasteiger partial charge < -0.3 is 5.32 Å². The SMILES string of the molecule is C=C1CC(c2ccncc2)=C(C)C(C2=CCNC=C2)=NC1c1cccc(-c2cccc(-c3ccc4c5ccccc5c5ccccc5c4c3)c2)c1. The van der Waals surface area contributed by atoms with E-state index in [1.807, 2.05) is 18.6 Å². The standard InChI is InChI=1S/C48H37N3/c1-31-27-45(33-19-23-49-24-20-33)32(2)48(34-21-25-50-26-22-34)51-47(31)39-12-8-11-37(29-39)35-9-7-10-36(28-35)38-17-18-44-42-15-4-3-13-40(42)41-14-5-6-16-43(41)46(44)30-38/h3-25,28-30,47,50H,1,26-27H2,2H3. The van der Waals surface area contributed by atoms with Gasteiger partial charge in [0, 0.05) is 18.9 Å². The fourth-order valence-electron chi connectivity index (χ4n) is 7.87. The van der Waals surface area contributed by atoms with Crippen LogP contribution in [0.25, 0.3) is 60.1 Å². The van der Waals surface area contributed by atoms with Gasteiger partial charge in [-0.2, -0.15) is 0 Å². The third kappa shape index (κ3) is 5.57. The Morgan fingerprint density at radius 2 is 1.22 bits per heavy atom. The molecule has 0 saturated heterocycles. The molecule has 7 aromatic rings. The molecule has 0 spiro atoms. The maximum Gasteiger partial charge on any atom is 0.0967 e. The Labute approximate surface area is 298 Å². The number of aromatic nitrogens is 1. The van der Waals surface area contributed by atoms with Crippen LogP contribution in [0, 0.1) is 0 Å². The second-order valence-electron chi connectivity index (χ2n) is 13.5. The van der Waals surface area contributed by atoms with Gasteiger partial charge in [-0.15, -0.1) is 0 Å². The zero-order valence-corrected chi connectivity index (χ0v) is 28.6. The minimum atomic E-state index is -0.176. The Hall–Kier alpha value is -6.32. The summed E-state index contributed by atoms with van der Waals surface area (Å²) in [6.45, 7) is 7.61.